The molecule has 0 spiro atoms. The molecule has 0 saturated carbocycles. The Labute approximate surface area is 493 Å². The third-order valence-electron chi connectivity index (χ3n) is 16.3. The zero-order valence-electron chi connectivity index (χ0n) is 51.3. The van der Waals surface area contributed by atoms with E-state index in [1.807, 2.05) is 0 Å². The lowest BCUT2D eigenvalue weighted by molar-refractivity contribution is -0.359. The fourth-order valence-corrected chi connectivity index (χ4v) is 11.0. The van der Waals surface area contributed by atoms with Crippen molar-refractivity contribution < 1.29 is 64.6 Å². The molecular weight excluding hydrogens is 1030 g/mol. The molecular formula is C67H123NO13. The summed E-state index contributed by atoms with van der Waals surface area (Å²) in [7, 11) is 0. The summed E-state index contributed by atoms with van der Waals surface area (Å²) in [5.41, 5.74) is 0. The normalized spacial score (nSPS) is 24.4. The summed E-state index contributed by atoms with van der Waals surface area (Å²) < 4.78 is 22.8. The van der Waals surface area contributed by atoms with Crippen LogP contribution in [0.3, 0.4) is 0 Å². The van der Waals surface area contributed by atoms with Gasteiger partial charge in [-0.2, -0.15) is 0 Å². The van der Waals surface area contributed by atoms with Crippen molar-refractivity contribution in [3.8, 4) is 0 Å². The molecule has 81 heavy (non-hydrogen) atoms. The van der Waals surface area contributed by atoms with Gasteiger partial charge in [-0.1, -0.05) is 268 Å². The van der Waals surface area contributed by atoms with Gasteiger partial charge < -0.3 is 65.1 Å². The third-order valence-corrected chi connectivity index (χ3v) is 16.3. The third kappa shape index (κ3) is 37.2. The Bertz CT molecular complexity index is 1540. The number of carbonyl (C=O) groups excluding carboxylic acids is 1. The molecule has 2 saturated heterocycles. The zero-order valence-corrected chi connectivity index (χ0v) is 51.3. The van der Waals surface area contributed by atoms with Crippen molar-refractivity contribution in [2.45, 2.75) is 351 Å². The zero-order chi connectivity index (χ0) is 58.8. The van der Waals surface area contributed by atoms with E-state index in [9.17, 15) is 45.6 Å². The Morgan fingerprint density at radius 2 is 0.852 bits per heavy atom. The Kier molecular flexibility index (Phi) is 48.5. The smallest absolute Gasteiger partial charge is 0.220 e. The van der Waals surface area contributed by atoms with Crippen LogP contribution in [0.2, 0.25) is 0 Å². The monoisotopic (exact) mass is 1150 g/mol. The topological polar surface area (TPSA) is 228 Å². The van der Waals surface area contributed by atoms with Crippen LogP contribution in [0.5, 0.6) is 0 Å². The molecule has 2 heterocycles. The van der Waals surface area contributed by atoms with Crippen molar-refractivity contribution in [2.24, 2.45) is 0 Å². The van der Waals surface area contributed by atoms with E-state index in [1.54, 1.807) is 0 Å². The first-order chi connectivity index (χ1) is 39.6. The Balaban J connectivity index is 1.49. The average molecular weight is 1150 g/mol. The van der Waals surface area contributed by atoms with Gasteiger partial charge >= 0.3 is 0 Å². The number of rotatable bonds is 54. The predicted molar refractivity (Wildman–Crippen MR) is 327 cm³/mol. The lowest BCUT2D eigenvalue weighted by Gasteiger charge is -2.46. The molecule has 9 N–H and O–H groups in total. The molecule has 0 aromatic carbocycles. The SMILES string of the molecule is CC/C=C\C/C=C\C/C=C\C/C=C\CCCCCCCCCCCCCCCCCCCCCCCCCCCCC(=O)NC(COC1OC(CO)C(OC2OC(CO)C(O)C(O)C2O)C(O)C1O)C(O)CCCCCCCCCC. The largest absolute Gasteiger partial charge is 0.394 e. The number of allylic oxidation sites excluding steroid dienone is 8. The van der Waals surface area contributed by atoms with Crippen LogP contribution in [0.15, 0.2) is 48.6 Å². The van der Waals surface area contributed by atoms with E-state index in [0.29, 0.717) is 12.8 Å². The minimum Gasteiger partial charge on any atom is -0.394 e. The van der Waals surface area contributed by atoms with Crippen LogP contribution < -0.4 is 5.32 Å². The van der Waals surface area contributed by atoms with Gasteiger partial charge in [-0.05, 0) is 51.4 Å². The van der Waals surface area contributed by atoms with Crippen LogP contribution in [-0.4, -0.2) is 140 Å². The molecule has 1 amide bonds. The first-order valence-corrected chi connectivity index (χ1v) is 33.4. The van der Waals surface area contributed by atoms with E-state index in [1.165, 1.54) is 173 Å². The van der Waals surface area contributed by atoms with Crippen LogP contribution in [0.4, 0.5) is 0 Å². The van der Waals surface area contributed by atoms with E-state index in [0.717, 1.165) is 77.0 Å². The maximum absolute atomic E-state index is 13.2. The highest BCUT2D eigenvalue weighted by molar-refractivity contribution is 5.76. The van der Waals surface area contributed by atoms with Crippen LogP contribution in [0.25, 0.3) is 0 Å². The average Bonchev–Trinajstić information content (AvgIpc) is 3.51. The van der Waals surface area contributed by atoms with Crippen LogP contribution >= 0.6 is 0 Å². The molecule has 0 radical (unpaired) electrons. The molecule has 12 atom stereocenters. The van der Waals surface area contributed by atoms with Crippen molar-refractivity contribution >= 4 is 5.91 Å². The lowest BCUT2D eigenvalue weighted by Crippen LogP contribution is -2.65. The number of unbranched alkanes of at least 4 members (excludes halogenated alkanes) is 33. The number of aliphatic hydroxyl groups excluding tert-OH is 8. The molecule has 2 rings (SSSR count). The Morgan fingerprint density at radius 1 is 0.457 bits per heavy atom. The highest BCUT2D eigenvalue weighted by Gasteiger charge is 2.51. The minimum absolute atomic E-state index is 0.206. The molecule has 474 valence electrons. The first-order valence-electron chi connectivity index (χ1n) is 33.4. The summed E-state index contributed by atoms with van der Waals surface area (Å²) in [6.45, 7) is 2.72. The standard InChI is InChI=1S/C67H123NO13/c1-3-5-7-9-11-13-14-15-16-17-18-19-20-21-22-23-24-25-26-27-28-29-30-31-32-33-34-35-36-37-38-39-40-41-42-43-45-47-49-51-59(72)68-55(56(71)50-48-46-44-12-10-8-6-4-2)54-78-66-64(77)62(75)65(58(53-70)80-66)81-67-63(76)61(74)60(73)57(52-69)79-67/h5,7,11,13,15-16,18-19,55-58,60-67,69-71,73-77H,3-4,6,8-10,12,14,17,20-54H2,1-2H3,(H,68,72)/b7-5-,13-11-,16-15-,19-18-. The van der Waals surface area contributed by atoms with Gasteiger partial charge in [-0.3, -0.25) is 4.79 Å². The number of aliphatic hydroxyl groups is 8. The summed E-state index contributed by atoms with van der Waals surface area (Å²) >= 11 is 0. The van der Waals surface area contributed by atoms with E-state index in [2.05, 4.69) is 67.8 Å². The fraction of sp³-hybridized carbons (Fsp3) is 0.866. The van der Waals surface area contributed by atoms with Crippen molar-refractivity contribution in [3.05, 3.63) is 48.6 Å². The van der Waals surface area contributed by atoms with Crippen LogP contribution in [-0.2, 0) is 23.7 Å². The number of amides is 1. The van der Waals surface area contributed by atoms with E-state index >= 15 is 0 Å². The molecule has 2 aliphatic heterocycles. The predicted octanol–water partition coefficient (Wildman–Crippen LogP) is 12.7. The molecule has 14 heteroatoms. The Hall–Kier alpha value is -2.05. The van der Waals surface area contributed by atoms with E-state index in [-0.39, 0.29) is 12.5 Å². The van der Waals surface area contributed by atoms with Gasteiger partial charge in [0, 0.05) is 6.42 Å². The van der Waals surface area contributed by atoms with Crippen molar-refractivity contribution in [1.82, 2.24) is 5.32 Å². The van der Waals surface area contributed by atoms with Gasteiger partial charge in [-0.25, -0.2) is 0 Å². The summed E-state index contributed by atoms with van der Waals surface area (Å²) in [5, 5.41) is 87.0. The molecule has 0 aliphatic carbocycles. The molecule has 12 unspecified atom stereocenters. The fourth-order valence-electron chi connectivity index (χ4n) is 11.0. The summed E-state index contributed by atoms with van der Waals surface area (Å²) in [6.07, 6.45) is 50.5. The second-order valence-corrected chi connectivity index (χ2v) is 23.6. The number of hydrogen-bond donors (Lipinski definition) is 9. The lowest BCUT2D eigenvalue weighted by atomic mass is 9.97. The molecule has 2 fully saturated rings. The summed E-state index contributed by atoms with van der Waals surface area (Å²) in [4.78, 5) is 13.2. The second kappa shape index (κ2) is 52.3. The van der Waals surface area contributed by atoms with E-state index in [4.69, 9.17) is 18.9 Å². The first kappa shape index (κ1) is 75.0. The van der Waals surface area contributed by atoms with Crippen LogP contribution in [0.1, 0.15) is 277 Å². The molecule has 14 nitrogen and oxygen atoms in total. The minimum atomic E-state index is -1.78. The molecule has 2 aliphatic rings. The number of nitrogens with one attached hydrogen (secondary N) is 1. The van der Waals surface area contributed by atoms with Crippen LogP contribution in [0, 0.1) is 0 Å². The van der Waals surface area contributed by atoms with Gasteiger partial charge in [0.1, 0.15) is 48.8 Å². The van der Waals surface area contributed by atoms with Gasteiger partial charge in [0.05, 0.1) is 32.0 Å². The van der Waals surface area contributed by atoms with Crippen molar-refractivity contribution in [3.63, 3.8) is 0 Å². The maximum Gasteiger partial charge on any atom is 0.220 e. The second-order valence-electron chi connectivity index (χ2n) is 23.6. The van der Waals surface area contributed by atoms with E-state index < -0.39 is 86.8 Å². The molecule has 0 bridgehead atoms. The van der Waals surface area contributed by atoms with Crippen molar-refractivity contribution in [1.29, 1.82) is 0 Å². The summed E-state index contributed by atoms with van der Waals surface area (Å²) in [5.74, 6) is -0.206. The number of ether oxygens (including phenoxy) is 4. The highest BCUT2D eigenvalue weighted by atomic mass is 16.7. The maximum atomic E-state index is 13.2. The van der Waals surface area contributed by atoms with Gasteiger partial charge in [0.25, 0.3) is 0 Å². The molecule has 0 aromatic rings. The van der Waals surface area contributed by atoms with Gasteiger partial charge in [0.15, 0.2) is 12.6 Å². The highest BCUT2D eigenvalue weighted by Crippen LogP contribution is 2.30. The quantitative estimate of drug-likeness (QED) is 0.0204. The number of carbonyl (C=O) groups is 1. The Morgan fingerprint density at radius 3 is 1.31 bits per heavy atom. The van der Waals surface area contributed by atoms with Gasteiger partial charge in [0.2, 0.25) is 5.91 Å². The van der Waals surface area contributed by atoms with Crippen molar-refractivity contribution in [2.75, 3.05) is 19.8 Å². The molecule has 0 aromatic heterocycles. The summed E-state index contributed by atoms with van der Waals surface area (Å²) in [6, 6.07) is -0.824. The number of hydrogen-bond acceptors (Lipinski definition) is 13. The van der Waals surface area contributed by atoms with Gasteiger partial charge in [-0.15, -0.1) is 0 Å².